The van der Waals surface area contributed by atoms with Crippen LogP contribution in [-0.2, 0) is 13.0 Å². The number of nitrogens with one attached hydrogen (secondary N) is 1. The molecule has 1 N–H and O–H groups in total. The van der Waals surface area contributed by atoms with E-state index in [1.807, 2.05) is 11.8 Å². The third-order valence-corrected chi connectivity index (χ3v) is 4.78. The highest BCUT2D eigenvalue weighted by atomic mass is 32.2. The van der Waals surface area contributed by atoms with E-state index in [0.29, 0.717) is 6.04 Å². The van der Waals surface area contributed by atoms with Crippen molar-refractivity contribution in [2.45, 2.75) is 38.8 Å². The zero-order valence-corrected chi connectivity index (χ0v) is 13.2. The quantitative estimate of drug-likeness (QED) is 0.855. The zero-order valence-electron chi connectivity index (χ0n) is 12.4. The molecule has 0 amide bonds. The van der Waals surface area contributed by atoms with Crippen molar-refractivity contribution in [1.29, 1.82) is 0 Å². The summed E-state index contributed by atoms with van der Waals surface area (Å²) in [6.45, 7) is 4.49. The maximum absolute atomic E-state index is 3.52. The molecule has 0 saturated carbocycles. The summed E-state index contributed by atoms with van der Waals surface area (Å²) in [6, 6.07) is 7.39. The first-order chi connectivity index (χ1) is 9.26. The summed E-state index contributed by atoms with van der Waals surface area (Å²) < 4.78 is 0. The Hall–Kier alpha value is -0.670. The lowest BCUT2D eigenvalue weighted by molar-refractivity contribution is 0.247. The van der Waals surface area contributed by atoms with E-state index < -0.39 is 0 Å². The molecule has 0 spiro atoms. The van der Waals surface area contributed by atoms with Gasteiger partial charge in [0, 0.05) is 30.6 Å². The minimum absolute atomic E-state index is 0.683. The van der Waals surface area contributed by atoms with Crippen LogP contribution >= 0.6 is 11.8 Å². The van der Waals surface area contributed by atoms with Crippen molar-refractivity contribution < 1.29 is 0 Å². The van der Waals surface area contributed by atoms with E-state index in [1.54, 1.807) is 5.56 Å². The van der Waals surface area contributed by atoms with Gasteiger partial charge in [-0.1, -0.05) is 19.1 Å². The van der Waals surface area contributed by atoms with E-state index in [-0.39, 0.29) is 0 Å². The van der Waals surface area contributed by atoms with Crippen molar-refractivity contribution >= 4 is 17.4 Å². The SMILES string of the molecule is CCC(CSC)N(C)Cc1cccc2c1CCCN2. The van der Waals surface area contributed by atoms with Crippen LogP contribution in [0, 0.1) is 0 Å². The van der Waals surface area contributed by atoms with Crippen molar-refractivity contribution in [1.82, 2.24) is 4.90 Å². The van der Waals surface area contributed by atoms with Crippen LogP contribution < -0.4 is 5.32 Å². The molecular formula is C16H26N2S. The molecule has 1 aromatic rings. The first-order valence-corrected chi connectivity index (χ1v) is 8.69. The minimum Gasteiger partial charge on any atom is -0.385 e. The molecule has 0 radical (unpaired) electrons. The van der Waals surface area contributed by atoms with Gasteiger partial charge in [0.15, 0.2) is 0 Å². The van der Waals surface area contributed by atoms with Gasteiger partial charge in [-0.15, -0.1) is 0 Å². The third kappa shape index (κ3) is 3.67. The van der Waals surface area contributed by atoms with Crippen LogP contribution in [0.3, 0.4) is 0 Å². The Morgan fingerprint density at radius 2 is 2.26 bits per heavy atom. The molecule has 0 fully saturated rings. The van der Waals surface area contributed by atoms with Crippen LogP contribution in [0.15, 0.2) is 18.2 Å². The molecule has 106 valence electrons. The molecular weight excluding hydrogens is 252 g/mol. The summed E-state index contributed by atoms with van der Waals surface area (Å²) in [5.41, 5.74) is 4.40. The number of benzene rings is 1. The van der Waals surface area contributed by atoms with Gasteiger partial charge in [-0.3, -0.25) is 4.90 Å². The predicted octanol–water partition coefficient (Wildman–Crippen LogP) is 3.62. The fourth-order valence-corrected chi connectivity index (χ4v) is 3.75. The topological polar surface area (TPSA) is 15.3 Å². The Morgan fingerprint density at radius 3 is 3.00 bits per heavy atom. The van der Waals surface area contributed by atoms with E-state index >= 15 is 0 Å². The molecule has 2 nitrogen and oxygen atoms in total. The highest BCUT2D eigenvalue weighted by Gasteiger charge is 2.16. The smallest absolute Gasteiger partial charge is 0.0375 e. The van der Waals surface area contributed by atoms with Crippen LogP contribution in [-0.4, -0.2) is 36.5 Å². The second-order valence-electron chi connectivity index (χ2n) is 5.41. The average Bonchev–Trinajstić information content (AvgIpc) is 2.45. The number of rotatable bonds is 6. The van der Waals surface area contributed by atoms with Gasteiger partial charge < -0.3 is 5.32 Å². The summed E-state index contributed by atoms with van der Waals surface area (Å²) in [4.78, 5) is 2.51. The number of hydrogen-bond acceptors (Lipinski definition) is 3. The number of thioether (sulfide) groups is 1. The summed E-state index contributed by atoms with van der Waals surface area (Å²) in [6.07, 6.45) is 5.91. The van der Waals surface area contributed by atoms with Crippen molar-refractivity contribution in [3.63, 3.8) is 0 Å². The molecule has 0 aromatic heterocycles. The minimum atomic E-state index is 0.683. The number of nitrogens with zero attached hydrogens (tertiary/aromatic N) is 1. The summed E-state index contributed by atoms with van der Waals surface area (Å²) in [5, 5.41) is 3.52. The zero-order chi connectivity index (χ0) is 13.7. The van der Waals surface area contributed by atoms with Gasteiger partial charge in [0.2, 0.25) is 0 Å². The summed E-state index contributed by atoms with van der Waals surface area (Å²) >= 11 is 1.95. The van der Waals surface area contributed by atoms with Crippen LogP contribution in [0.2, 0.25) is 0 Å². The van der Waals surface area contributed by atoms with E-state index in [9.17, 15) is 0 Å². The first-order valence-electron chi connectivity index (χ1n) is 7.30. The maximum Gasteiger partial charge on any atom is 0.0375 e. The number of anilines is 1. The van der Waals surface area contributed by atoms with Gasteiger partial charge in [-0.25, -0.2) is 0 Å². The lowest BCUT2D eigenvalue weighted by atomic mass is 9.97. The fraction of sp³-hybridized carbons (Fsp3) is 0.625. The molecule has 1 unspecified atom stereocenters. The predicted molar refractivity (Wildman–Crippen MR) is 87.2 cm³/mol. The van der Waals surface area contributed by atoms with Gasteiger partial charge in [0.1, 0.15) is 0 Å². The van der Waals surface area contributed by atoms with E-state index in [4.69, 9.17) is 0 Å². The lowest BCUT2D eigenvalue weighted by Gasteiger charge is -2.29. The largest absolute Gasteiger partial charge is 0.385 e. The first kappa shape index (κ1) is 14.7. The summed E-state index contributed by atoms with van der Waals surface area (Å²) in [5.74, 6) is 1.22. The Labute approximate surface area is 122 Å². The average molecular weight is 278 g/mol. The molecule has 0 aliphatic carbocycles. The Bertz CT molecular complexity index is 406. The molecule has 1 aliphatic rings. The maximum atomic E-state index is 3.52. The van der Waals surface area contributed by atoms with Gasteiger partial charge in [0.05, 0.1) is 0 Å². The molecule has 0 bridgehead atoms. The second-order valence-corrected chi connectivity index (χ2v) is 6.32. The van der Waals surface area contributed by atoms with Crippen LogP contribution in [0.1, 0.15) is 30.9 Å². The third-order valence-electron chi connectivity index (χ3n) is 4.07. The molecule has 1 aliphatic heterocycles. The lowest BCUT2D eigenvalue weighted by Crippen LogP contribution is -2.33. The van der Waals surface area contributed by atoms with Crippen molar-refractivity contribution in [3.8, 4) is 0 Å². The highest BCUT2D eigenvalue weighted by Crippen LogP contribution is 2.26. The summed E-state index contributed by atoms with van der Waals surface area (Å²) in [7, 11) is 2.26. The van der Waals surface area contributed by atoms with Gasteiger partial charge >= 0.3 is 0 Å². The molecule has 19 heavy (non-hydrogen) atoms. The van der Waals surface area contributed by atoms with Crippen molar-refractivity contribution in [2.24, 2.45) is 0 Å². The number of hydrogen-bond donors (Lipinski definition) is 1. The van der Waals surface area contributed by atoms with Crippen LogP contribution in [0.25, 0.3) is 0 Å². The van der Waals surface area contributed by atoms with Crippen LogP contribution in [0.4, 0.5) is 5.69 Å². The van der Waals surface area contributed by atoms with Gasteiger partial charge in [-0.2, -0.15) is 11.8 Å². The van der Waals surface area contributed by atoms with Crippen LogP contribution in [0.5, 0.6) is 0 Å². The molecule has 1 heterocycles. The van der Waals surface area contributed by atoms with E-state index in [2.05, 4.69) is 48.6 Å². The Morgan fingerprint density at radius 1 is 1.42 bits per heavy atom. The normalized spacial score (nSPS) is 16.0. The monoisotopic (exact) mass is 278 g/mol. The number of fused-ring (bicyclic) bond motifs is 1. The Balaban J connectivity index is 2.10. The van der Waals surface area contributed by atoms with Crippen molar-refractivity contribution in [2.75, 3.05) is 30.9 Å². The van der Waals surface area contributed by atoms with E-state index in [0.717, 1.165) is 13.1 Å². The highest BCUT2D eigenvalue weighted by molar-refractivity contribution is 7.98. The standard InChI is InChI=1S/C16H26N2S/c1-4-14(12-19-3)18(2)11-13-7-5-9-16-15(13)8-6-10-17-16/h5,7,9,14,17H,4,6,8,10-12H2,1-3H3. The van der Waals surface area contributed by atoms with Crippen molar-refractivity contribution in [3.05, 3.63) is 29.3 Å². The Kier molecular flexibility index (Phi) is 5.59. The van der Waals surface area contributed by atoms with Gasteiger partial charge in [-0.05, 0) is 49.8 Å². The molecule has 1 aromatic carbocycles. The molecule has 2 rings (SSSR count). The molecule has 0 saturated heterocycles. The van der Waals surface area contributed by atoms with Gasteiger partial charge in [0.25, 0.3) is 0 Å². The molecule has 3 heteroatoms. The molecule has 1 atom stereocenters. The van der Waals surface area contributed by atoms with E-state index in [1.165, 1.54) is 36.3 Å². The fourth-order valence-electron chi connectivity index (χ4n) is 2.88. The second kappa shape index (κ2) is 7.20.